The van der Waals surface area contributed by atoms with Gasteiger partial charge in [-0.1, -0.05) is 0 Å². The van der Waals surface area contributed by atoms with E-state index in [4.69, 9.17) is 10.5 Å². The van der Waals surface area contributed by atoms with Crippen LogP contribution in [0.3, 0.4) is 0 Å². The molecule has 2 aliphatic heterocycles. The molecule has 0 aliphatic carbocycles. The lowest BCUT2D eigenvalue weighted by molar-refractivity contribution is -0.139. The number of piperidine rings is 2. The smallest absolute Gasteiger partial charge is 0.226 e. The van der Waals surface area contributed by atoms with Crippen LogP contribution in [0.25, 0.3) is 0 Å². The molecule has 0 aromatic heterocycles. The van der Waals surface area contributed by atoms with Crippen LogP contribution < -0.4 is 10.5 Å². The van der Waals surface area contributed by atoms with Crippen LogP contribution in [0.2, 0.25) is 0 Å². The van der Waals surface area contributed by atoms with Crippen LogP contribution in [0.1, 0.15) is 32.1 Å². The molecule has 7 heteroatoms. The summed E-state index contributed by atoms with van der Waals surface area (Å²) in [6.07, 6.45) is 4.22. The minimum Gasteiger partial charge on any atom is -0.493 e. The Kier molecular flexibility index (Phi) is 7.25. The van der Waals surface area contributed by atoms with Gasteiger partial charge in [0.05, 0.1) is 12.5 Å². The Balaban J connectivity index is 1.48. The number of hydrogen-bond acceptors (Lipinski definition) is 4. The Morgan fingerprint density at radius 3 is 2.61 bits per heavy atom. The van der Waals surface area contributed by atoms with Crippen molar-refractivity contribution in [3.63, 3.8) is 0 Å². The van der Waals surface area contributed by atoms with Gasteiger partial charge >= 0.3 is 0 Å². The van der Waals surface area contributed by atoms with Crippen molar-refractivity contribution in [3.8, 4) is 5.75 Å². The highest BCUT2D eigenvalue weighted by molar-refractivity contribution is 5.79. The number of likely N-dealkylation sites (tertiary alicyclic amines) is 2. The molecular formula is C21H30FN3O3. The highest BCUT2D eigenvalue weighted by atomic mass is 19.1. The summed E-state index contributed by atoms with van der Waals surface area (Å²) in [4.78, 5) is 28.2. The van der Waals surface area contributed by atoms with E-state index in [0.29, 0.717) is 38.4 Å². The quantitative estimate of drug-likeness (QED) is 0.772. The summed E-state index contributed by atoms with van der Waals surface area (Å²) >= 11 is 0. The molecule has 2 atom stereocenters. The molecule has 0 saturated carbocycles. The number of primary amides is 1. The molecule has 2 heterocycles. The first kappa shape index (κ1) is 20.6. The summed E-state index contributed by atoms with van der Waals surface area (Å²) in [5, 5.41) is 0. The minimum atomic E-state index is -0.298. The Labute approximate surface area is 165 Å². The van der Waals surface area contributed by atoms with Crippen LogP contribution in [-0.4, -0.2) is 60.9 Å². The molecule has 2 N–H and O–H groups in total. The summed E-state index contributed by atoms with van der Waals surface area (Å²) < 4.78 is 18.8. The van der Waals surface area contributed by atoms with E-state index in [1.807, 2.05) is 4.90 Å². The first-order valence-electron chi connectivity index (χ1n) is 10.2. The molecule has 2 fully saturated rings. The zero-order chi connectivity index (χ0) is 19.9. The molecule has 1 aromatic carbocycles. The van der Waals surface area contributed by atoms with Crippen molar-refractivity contribution in [2.75, 3.05) is 39.3 Å². The largest absolute Gasteiger partial charge is 0.493 e. The van der Waals surface area contributed by atoms with E-state index >= 15 is 0 Å². The molecule has 2 aliphatic rings. The highest BCUT2D eigenvalue weighted by Gasteiger charge is 2.32. The molecule has 2 amide bonds. The number of nitrogens with zero attached hydrogens (tertiary/aromatic N) is 2. The maximum atomic E-state index is 13.0. The van der Waals surface area contributed by atoms with Gasteiger partial charge in [0.15, 0.2) is 0 Å². The number of carbonyl (C=O) groups is 2. The Morgan fingerprint density at radius 2 is 1.86 bits per heavy atom. The molecular weight excluding hydrogens is 361 g/mol. The molecule has 6 nitrogen and oxygen atoms in total. The molecule has 0 spiro atoms. The summed E-state index contributed by atoms with van der Waals surface area (Å²) in [6.45, 7) is 4.30. The van der Waals surface area contributed by atoms with Crippen molar-refractivity contribution >= 4 is 11.8 Å². The van der Waals surface area contributed by atoms with Gasteiger partial charge in [-0.05, 0) is 56.5 Å². The molecule has 0 radical (unpaired) electrons. The van der Waals surface area contributed by atoms with Crippen LogP contribution in [-0.2, 0) is 9.59 Å². The first-order valence-corrected chi connectivity index (χ1v) is 10.2. The zero-order valence-corrected chi connectivity index (χ0v) is 16.3. The lowest BCUT2D eigenvalue weighted by Crippen LogP contribution is -2.48. The number of carbonyl (C=O) groups excluding carboxylic acids is 2. The van der Waals surface area contributed by atoms with Crippen molar-refractivity contribution in [1.29, 1.82) is 0 Å². The van der Waals surface area contributed by atoms with Gasteiger partial charge < -0.3 is 20.3 Å². The van der Waals surface area contributed by atoms with Gasteiger partial charge in [-0.3, -0.25) is 9.59 Å². The van der Waals surface area contributed by atoms with Crippen LogP contribution in [0.15, 0.2) is 24.3 Å². The van der Waals surface area contributed by atoms with Gasteiger partial charge in [0.25, 0.3) is 0 Å². The molecule has 28 heavy (non-hydrogen) atoms. The van der Waals surface area contributed by atoms with Crippen molar-refractivity contribution in [2.24, 2.45) is 17.6 Å². The van der Waals surface area contributed by atoms with E-state index in [-0.39, 0.29) is 29.5 Å². The second kappa shape index (κ2) is 9.87. The van der Waals surface area contributed by atoms with Crippen molar-refractivity contribution in [3.05, 3.63) is 30.1 Å². The predicted molar refractivity (Wildman–Crippen MR) is 104 cm³/mol. The fraction of sp³-hybridized carbons (Fsp3) is 0.619. The Hall–Kier alpha value is -2.15. The van der Waals surface area contributed by atoms with E-state index in [0.717, 1.165) is 38.8 Å². The van der Waals surface area contributed by atoms with Crippen molar-refractivity contribution < 1.29 is 18.7 Å². The van der Waals surface area contributed by atoms with E-state index in [9.17, 15) is 14.0 Å². The summed E-state index contributed by atoms with van der Waals surface area (Å²) in [7, 11) is 0. The topological polar surface area (TPSA) is 75.9 Å². The van der Waals surface area contributed by atoms with Gasteiger partial charge in [0, 0.05) is 38.5 Å². The van der Waals surface area contributed by atoms with Gasteiger partial charge in [-0.15, -0.1) is 0 Å². The van der Waals surface area contributed by atoms with Crippen molar-refractivity contribution in [2.45, 2.75) is 32.1 Å². The van der Waals surface area contributed by atoms with Gasteiger partial charge in [-0.25, -0.2) is 4.39 Å². The third kappa shape index (κ3) is 5.92. The fourth-order valence-electron chi connectivity index (χ4n) is 4.13. The minimum absolute atomic E-state index is 0.00149. The second-order valence-electron chi connectivity index (χ2n) is 7.91. The Bertz CT molecular complexity index is 667. The van der Waals surface area contributed by atoms with Gasteiger partial charge in [0.1, 0.15) is 11.6 Å². The SMILES string of the molecule is NC(=O)CCN1CCC[C@@H](C(=O)N2CCC[C@H](COc3ccc(F)cc3)C2)C1. The summed E-state index contributed by atoms with van der Waals surface area (Å²) in [5.41, 5.74) is 5.24. The van der Waals surface area contributed by atoms with E-state index in [1.54, 1.807) is 12.1 Å². The molecule has 0 bridgehead atoms. The molecule has 0 unspecified atom stereocenters. The average molecular weight is 391 g/mol. The number of benzene rings is 1. The maximum Gasteiger partial charge on any atom is 0.226 e. The molecule has 2 saturated heterocycles. The summed E-state index contributed by atoms with van der Waals surface area (Å²) in [6, 6.07) is 6.03. The van der Waals surface area contributed by atoms with Crippen LogP contribution in [0.4, 0.5) is 4.39 Å². The second-order valence-corrected chi connectivity index (χ2v) is 7.91. The standard InChI is InChI=1S/C21H30FN3O3/c22-18-5-7-19(8-6-18)28-15-16-3-1-11-25(13-16)21(27)17-4-2-10-24(14-17)12-9-20(23)26/h5-8,16-17H,1-4,9-15H2,(H2,23,26)/t16-,17+/m0/s1. The monoisotopic (exact) mass is 391 g/mol. The highest BCUT2D eigenvalue weighted by Crippen LogP contribution is 2.24. The van der Waals surface area contributed by atoms with Crippen molar-refractivity contribution in [1.82, 2.24) is 9.80 Å². The van der Waals surface area contributed by atoms with E-state index in [1.165, 1.54) is 12.1 Å². The number of rotatable bonds is 7. The number of amides is 2. The van der Waals surface area contributed by atoms with Crippen LogP contribution in [0, 0.1) is 17.7 Å². The third-order valence-electron chi connectivity index (χ3n) is 5.66. The fourth-order valence-corrected chi connectivity index (χ4v) is 4.13. The third-order valence-corrected chi connectivity index (χ3v) is 5.66. The number of halogens is 1. The number of hydrogen-bond donors (Lipinski definition) is 1. The maximum absolute atomic E-state index is 13.0. The average Bonchev–Trinajstić information content (AvgIpc) is 2.72. The lowest BCUT2D eigenvalue weighted by Gasteiger charge is -2.38. The number of ether oxygens (including phenoxy) is 1. The Morgan fingerprint density at radius 1 is 1.11 bits per heavy atom. The molecule has 3 rings (SSSR count). The zero-order valence-electron chi connectivity index (χ0n) is 16.3. The molecule has 1 aromatic rings. The summed E-state index contributed by atoms with van der Waals surface area (Å²) in [5.74, 6) is 0.584. The normalized spacial score (nSPS) is 23.4. The van der Waals surface area contributed by atoms with E-state index in [2.05, 4.69) is 4.90 Å². The lowest BCUT2D eigenvalue weighted by atomic mass is 9.93. The van der Waals surface area contributed by atoms with E-state index < -0.39 is 0 Å². The predicted octanol–water partition coefficient (Wildman–Crippen LogP) is 2.03. The van der Waals surface area contributed by atoms with Crippen LogP contribution in [0.5, 0.6) is 5.75 Å². The van der Waals surface area contributed by atoms with Gasteiger partial charge in [-0.2, -0.15) is 0 Å². The van der Waals surface area contributed by atoms with Crippen LogP contribution >= 0.6 is 0 Å². The molecule has 154 valence electrons. The number of nitrogens with two attached hydrogens (primary N) is 1. The first-order chi connectivity index (χ1) is 13.5. The van der Waals surface area contributed by atoms with Gasteiger partial charge in [0.2, 0.25) is 11.8 Å².